The summed E-state index contributed by atoms with van der Waals surface area (Å²) in [7, 11) is -0.559. The fourth-order valence-corrected chi connectivity index (χ4v) is 4.65. The van der Waals surface area contributed by atoms with Crippen LogP contribution in [0.25, 0.3) is 0 Å². The maximum atomic E-state index is 13.1. The molecule has 2 aromatic rings. The van der Waals surface area contributed by atoms with Gasteiger partial charge in [0.1, 0.15) is 6.04 Å². The van der Waals surface area contributed by atoms with Crippen molar-refractivity contribution in [1.82, 2.24) is 5.32 Å². The molecule has 31 heavy (non-hydrogen) atoms. The Labute approximate surface area is 185 Å². The molecule has 0 saturated heterocycles. The molecule has 7 nitrogen and oxygen atoms in total. The van der Waals surface area contributed by atoms with Crippen LogP contribution in [0, 0.1) is 0 Å². The minimum absolute atomic E-state index is 0.307. The van der Waals surface area contributed by atoms with E-state index in [0.29, 0.717) is 23.6 Å². The molecule has 0 aliphatic heterocycles. The first-order valence-electron chi connectivity index (χ1n) is 10.3. The molecule has 8 heteroatoms. The molecular formula is C23H32N2O5S. The average molecular weight is 449 g/mol. The molecule has 0 aromatic heterocycles. The van der Waals surface area contributed by atoms with E-state index in [4.69, 9.17) is 9.47 Å². The zero-order valence-corrected chi connectivity index (χ0v) is 19.8. The van der Waals surface area contributed by atoms with Crippen molar-refractivity contribution in [2.24, 2.45) is 0 Å². The van der Waals surface area contributed by atoms with E-state index in [1.165, 1.54) is 0 Å². The van der Waals surface area contributed by atoms with Crippen molar-refractivity contribution in [3.05, 3.63) is 53.6 Å². The molecular weight excluding hydrogens is 416 g/mol. The number of ether oxygens (including phenoxy) is 2. The minimum Gasteiger partial charge on any atom is -0.493 e. The van der Waals surface area contributed by atoms with Crippen LogP contribution in [0.4, 0.5) is 5.69 Å². The molecule has 2 aromatic carbocycles. The number of hydrogen-bond acceptors (Lipinski definition) is 5. The van der Waals surface area contributed by atoms with Crippen molar-refractivity contribution in [2.75, 3.05) is 24.8 Å². The van der Waals surface area contributed by atoms with Crippen LogP contribution < -0.4 is 19.1 Å². The first-order valence-corrected chi connectivity index (χ1v) is 12.1. The first kappa shape index (κ1) is 24.5. The number of aryl methyl sites for hydroxylation is 1. The van der Waals surface area contributed by atoms with Gasteiger partial charge < -0.3 is 14.8 Å². The lowest BCUT2D eigenvalue weighted by molar-refractivity contribution is -0.122. The van der Waals surface area contributed by atoms with Crippen LogP contribution in [0.5, 0.6) is 11.5 Å². The van der Waals surface area contributed by atoms with Gasteiger partial charge in [-0.15, -0.1) is 0 Å². The van der Waals surface area contributed by atoms with Crippen LogP contribution in [0.3, 0.4) is 0 Å². The van der Waals surface area contributed by atoms with E-state index in [9.17, 15) is 13.2 Å². The number of rotatable bonds is 10. The quantitative estimate of drug-likeness (QED) is 0.599. The zero-order chi connectivity index (χ0) is 23.2. The number of nitrogens with zero attached hydrogens (tertiary/aromatic N) is 1. The standard InChI is InChI=1S/C23H32N2O5S/c1-7-17-9-12-19(13-10-17)25(31(6,27)28)16(3)23(26)24-20(8-2)18-11-14-21(29-4)22(15-18)30-5/h9-16,20H,7-8H2,1-6H3,(H,24,26)/t16-,20-/m0/s1. The minimum atomic E-state index is -3.67. The van der Waals surface area contributed by atoms with Crippen LogP contribution >= 0.6 is 0 Å². The molecule has 1 amide bonds. The summed E-state index contributed by atoms with van der Waals surface area (Å²) in [5.74, 6) is 0.778. The van der Waals surface area contributed by atoms with Crippen LogP contribution in [0.1, 0.15) is 44.4 Å². The lowest BCUT2D eigenvalue weighted by atomic mass is 10.0. The molecule has 0 saturated carbocycles. The van der Waals surface area contributed by atoms with Gasteiger partial charge in [0.2, 0.25) is 15.9 Å². The van der Waals surface area contributed by atoms with Crippen LogP contribution in [-0.4, -0.2) is 40.8 Å². The number of hydrogen-bond donors (Lipinski definition) is 1. The number of carbonyl (C=O) groups excluding carboxylic acids is 1. The summed E-state index contributed by atoms with van der Waals surface area (Å²) in [5, 5.41) is 2.98. The van der Waals surface area contributed by atoms with Gasteiger partial charge in [-0.25, -0.2) is 8.42 Å². The number of sulfonamides is 1. The van der Waals surface area contributed by atoms with E-state index in [1.54, 1.807) is 39.3 Å². The third kappa shape index (κ3) is 5.91. The Kier molecular flexibility index (Phi) is 8.33. The second kappa shape index (κ2) is 10.5. The SMILES string of the molecule is CCc1ccc(N([C@@H](C)C(=O)N[C@@H](CC)c2ccc(OC)c(OC)c2)S(C)(=O)=O)cc1. The molecule has 170 valence electrons. The van der Waals surface area contributed by atoms with Gasteiger partial charge >= 0.3 is 0 Å². The third-order valence-corrected chi connectivity index (χ3v) is 6.46. The van der Waals surface area contributed by atoms with Gasteiger partial charge in [-0.05, 0) is 55.2 Å². The molecule has 1 N–H and O–H groups in total. The molecule has 2 rings (SSSR count). The predicted molar refractivity (Wildman–Crippen MR) is 123 cm³/mol. The summed E-state index contributed by atoms with van der Waals surface area (Å²) in [5.41, 5.74) is 2.40. The zero-order valence-electron chi connectivity index (χ0n) is 19.0. The van der Waals surface area contributed by atoms with Crippen LogP contribution in [0.15, 0.2) is 42.5 Å². The van der Waals surface area contributed by atoms with Gasteiger partial charge in [0, 0.05) is 0 Å². The highest BCUT2D eigenvalue weighted by Gasteiger charge is 2.30. The highest BCUT2D eigenvalue weighted by molar-refractivity contribution is 7.92. The molecule has 0 spiro atoms. The van der Waals surface area contributed by atoms with Gasteiger partial charge in [-0.2, -0.15) is 0 Å². The molecule has 0 unspecified atom stereocenters. The van der Waals surface area contributed by atoms with Gasteiger partial charge in [0.25, 0.3) is 0 Å². The van der Waals surface area contributed by atoms with E-state index in [-0.39, 0.29) is 11.9 Å². The summed E-state index contributed by atoms with van der Waals surface area (Å²) in [6.45, 7) is 5.56. The van der Waals surface area contributed by atoms with Gasteiger partial charge in [-0.3, -0.25) is 9.10 Å². The normalized spacial score (nSPS) is 13.2. The lowest BCUT2D eigenvalue weighted by Gasteiger charge is -2.30. The molecule has 0 bridgehead atoms. The predicted octanol–water partition coefficient (Wildman–Crippen LogP) is 3.69. The number of carbonyl (C=O) groups is 1. The number of nitrogens with one attached hydrogen (secondary N) is 1. The van der Waals surface area contributed by atoms with E-state index in [0.717, 1.165) is 28.1 Å². The van der Waals surface area contributed by atoms with Gasteiger partial charge in [0.05, 0.1) is 32.2 Å². The van der Waals surface area contributed by atoms with Crippen molar-refractivity contribution in [3.8, 4) is 11.5 Å². The highest BCUT2D eigenvalue weighted by atomic mass is 32.2. The molecule has 2 atom stereocenters. The number of anilines is 1. The number of benzene rings is 2. The van der Waals surface area contributed by atoms with Gasteiger partial charge in [-0.1, -0.05) is 32.0 Å². The van der Waals surface area contributed by atoms with Crippen molar-refractivity contribution in [2.45, 2.75) is 45.7 Å². The van der Waals surface area contributed by atoms with Crippen LogP contribution in [0.2, 0.25) is 0 Å². The van der Waals surface area contributed by atoms with Gasteiger partial charge in [0.15, 0.2) is 11.5 Å². The molecule has 0 heterocycles. The average Bonchev–Trinajstić information content (AvgIpc) is 2.76. The fourth-order valence-electron chi connectivity index (χ4n) is 3.47. The summed E-state index contributed by atoms with van der Waals surface area (Å²) < 4.78 is 36.8. The summed E-state index contributed by atoms with van der Waals surface area (Å²) in [6, 6.07) is 11.4. The second-order valence-electron chi connectivity index (χ2n) is 7.34. The third-order valence-electron chi connectivity index (χ3n) is 5.22. The Balaban J connectivity index is 2.29. The Morgan fingerprint density at radius 3 is 2.13 bits per heavy atom. The number of methoxy groups -OCH3 is 2. The van der Waals surface area contributed by atoms with Crippen molar-refractivity contribution >= 4 is 21.6 Å². The monoisotopic (exact) mass is 448 g/mol. The number of amides is 1. The maximum Gasteiger partial charge on any atom is 0.244 e. The van der Waals surface area contributed by atoms with E-state index in [2.05, 4.69) is 5.32 Å². The second-order valence-corrected chi connectivity index (χ2v) is 9.20. The summed E-state index contributed by atoms with van der Waals surface area (Å²) in [6.07, 6.45) is 2.58. The van der Waals surface area contributed by atoms with E-state index < -0.39 is 16.1 Å². The Bertz CT molecular complexity index is 990. The largest absolute Gasteiger partial charge is 0.493 e. The molecule has 0 aliphatic carbocycles. The van der Waals surface area contributed by atoms with Crippen molar-refractivity contribution < 1.29 is 22.7 Å². The smallest absolute Gasteiger partial charge is 0.244 e. The summed E-state index contributed by atoms with van der Waals surface area (Å²) >= 11 is 0. The first-order chi connectivity index (χ1) is 14.7. The molecule has 0 fully saturated rings. The van der Waals surface area contributed by atoms with Crippen LogP contribution in [-0.2, 0) is 21.2 Å². The topological polar surface area (TPSA) is 84.9 Å². The lowest BCUT2D eigenvalue weighted by Crippen LogP contribution is -2.48. The molecule has 0 aliphatic rings. The van der Waals surface area contributed by atoms with E-state index in [1.807, 2.05) is 38.1 Å². The Morgan fingerprint density at radius 1 is 1.03 bits per heavy atom. The van der Waals surface area contributed by atoms with Crippen molar-refractivity contribution in [3.63, 3.8) is 0 Å². The maximum absolute atomic E-state index is 13.1. The fraction of sp³-hybridized carbons (Fsp3) is 0.435. The Hall–Kier alpha value is -2.74. The molecule has 0 radical (unpaired) electrons. The summed E-state index contributed by atoms with van der Waals surface area (Å²) in [4.78, 5) is 13.1. The van der Waals surface area contributed by atoms with E-state index >= 15 is 0 Å². The highest BCUT2D eigenvalue weighted by Crippen LogP contribution is 2.31. The Morgan fingerprint density at radius 2 is 1.65 bits per heavy atom. The van der Waals surface area contributed by atoms with Crippen molar-refractivity contribution in [1.29, 1.82) is 0 Å².